The molecule has 0 aliphatic heterocycles. The summed E-state index contributed by atoms with van der Waals surface area (Å²) in [5, 5.41) is 0. The smallest absolute Gasteiger partial charge is 0.294 e. The molecule has 0 radical (unpaired) electrons. The average molecular weight is 244 g/mol. The van der Waals surface area contributed by atoms with E-state index in [1.54, 1.807) is 24.3 Å². The normalized spacial score (nSPS) is 11.9. The molecule has 4 heteroatoms. The summed E-state index contributed by atoms with van der Waals surface area (Å²) in [6.45, 7) is 4.03. The minimum atomic E-state index is -4.27. The van der Waals surface area contributed by atoms with Gasteiger partial charge in [-0.2, -0.15) is 13.2 Å². The van der Waals surface area contributed by atoms with E-state index in [0.29, 0.717) is 11.5 Å². The highest BCUT2D eigenvalue weighted by atomic mass is 19.4. The zero-order valence-corrected chi connectivity index (χ0v) is 9.84. The third kappa shape index (κ3) is 4.59. The van der Waals surface area contributed by atoms with Crippen LogP contribution in [0.15, 0.2) is 24.3 Å². The van der Waals surface area contributed by atoms with Crippen molar-refractivity contribution in [1.29, 1.82) is 0 Å². The molecule has 0 bridgehead atoms. The van der Waals surface area contributed by atoms with E-state index in [9.17, 15) is 18.0 Å². The van der Waals surface area contributed by atoms with Crippen molar-refractivity contribution in [3.63, 3.8) is 0 Å². The number of hydrogen-bond acceptors (Lipinski definition) is 1. The molecule has 1 aromatic carbocycles. The minimum Gasteiger partial charge on any atom is -0.294 e. The summed E-state index contributed by atoms with van der Waals surface area (Å²) in [6.07, 6.45) is -5.81. The van der Waals surface area contributed by atoms with Crippen molar-refractivity contribution in [2.75, 3.05) is 0 Å². The number of halogens is 3. The van der Waals surface area contributed by atoms with Crippen LogP contribution >= 0.6 is 0 Å². The van der Waals surface area contributed by atoms with Gasteiger partial charge < -0.3 is 0 Å². The first-order valence-electron chi connectivity index (χ1n) is 5.49. The maximum atomic E-state index is 11.9. The molecule has 1 nitrogen and oxygen atoms in total. The lowest BCUT2D eigenvalue weighted by molar-refractivity contribution is -0.133. The standard InChI is InChI=1S/C13H15F3O/c1-9(2)10-3-5-11(6-4-10)12(17)7-8-13(14,15)16/h3-6,9H,7-8H2,1-2H3. The number of Topliss-reactive ketones (excluding diaryl/α,β-unsaturated/α-hetero) is 1. The van der Waals surface area contributed by atoms with Gasteiger partial charge in [0, 0.05) is 12.0 Å². The molecule has 0 fully saturated rings. The Morgan fingerprint density at radius 2 is 1.71 bits per heavy atom. The van der Waals surface area contributed by atoms with Crippen LogP contribution in [-0.2, 0) is 0 Å². The fraction of sp³-hybridized carbons (Fsp3) is 0.462. The quantitative estimate of drug-likeness (QED) is 0.720. The maximum Gasteiger partial charge on any atom is 0.389 e. The first-order valence-corrected chi connectivity index (χ1v) is 5.49. The summed E-state index contributed by atoms with van der Waals surface area (Å²) >= 11 is 0. The maximum absolute atomic E-state index is 11.9. The molecule has 0 spiro atoms. The van der Waals surface area contributed by atoms with Gasteiger partial charge in [0.1, 0.15) is 0 Å². The summed E-state index contributed by atoms with van der Waals surface area (Å²) in [5.41, 5.74) is 1.41. The number of benzene rings is 1. The third-order valence-corrected chi connectivity index (χ3v) is 2.53. The number of hydrogen-bond donors (Lipinski definition) is 0. The first-order chi connectivity index (χ1) is 7.79. The lowest BCUT2D eigenvalue weighted by Crippen LogP contribution is -2.10. The van der Waals surface area contributed by atoms with E-state index < -0.39 is 24.8 Å². The van der Waals surface area contributed by atoms with Gasteiger partial charge in [-0.15, -0.1) is 0 Å². The monoisotopic (exact) mass is 244 g/mol. The van der Waals surface area contributed by atoms with Crippen molar-refractivity contribution >= 4 is 5.78 Å². The number of ketones is 1. The molecule has 0 aromatic heterocycles. The van der Waals surface area contributed by atoms with Gasteiger partial charge >= 0.3 is 6.18 Å². The molecule has 0 saturated heterocycles. The van der Waals surface area contributed by atoms with E-state index >= 15 is 0 Å². The largest absolute Gasteiger partial charge is 0.389 e. The Hall–Kier alpha value is -1.32. The molecule has 0 aliphatic carbocycles. The molecule has 94 valence electrons. The zero-order chi connectivity index (χ0) is 13.1. The first kappa shape index (κ1) is 13.7. The number of rotatable bonds is 4. The van der Waals surface area contributed by atoms with Crippen molar-refractivity contribution in [3.05, 3.63) is 35.4 Å². The minimum absolute atomic E-state index is 0.342. The molecule has 0 heterocycles. The second-order valence-electron chi connectivity index (χ2n) is 4.32. The van der Waals surface area contributed by atoms with Gasteiger partial charge in [-0.05, 0) is 11.5 Å². The van der Waals surface area contributed by atoms with Gasteiger partial charge in [-0.1, -0.05) is 38.1 Å². The molecule has 1 aromatic rings. The lowest BCUT2D eigenvalue weighted by atomic mass is 9.99. The molecule has 17 heavy (non-hydrogen) atoms. The fourth-order valence-corrected chi connectivity index (χ4v) is 1.45. The Morgan fingerprint density at radius 1 is 1.18 bits per heavy atom. The van der Waals surface area contributed by atoms with Crippen LogP contribution in [0.3, 0.4) is 0 Å². The summed E-state index contributed by atoms with van der Waals surface area (Å²) in [7, 11) is 0. The van der Waals surface area contributed by atoms with Crippen LogP contribution in [-0.4, -0.2) is 12.0 Å². The number of alkyl halides is 3. The van der Waals surface area contributed by atoms with Crippen molar-refractivity contribution in [2.24, 2.45) is 0 Å². The summed E-state index contributed by atoms with van der Waals surface area (Å²) in [6, 6.07) is 6.75. The lowest BCUT2D eigenvalue weighted by Gasteiger charge is -2.07. The summed E-state index contributed by atoms with van der Waals surface area (Å²) in [5.74, 6) is -0.119. The van der Waals surface area contributed by atoms with Gasteiger partial charge in [-0.25, -0.2) is 0 Å². The van der Waals surface area contributed by atoms with Crippen molar-refractivity contribution in [1.82, 2.24) is 0 Å². The van der Waals surface area contributed by atoms with Crippen molar-refractivity contribution in [3.8, 4) is 0 Å². The van der Waals surface area contributed by atoms with Crippen molar-refractivity contribution in [2.45, 2.75) is 38.8 Å². The Balaban J connectivity index is 2.64. The molecular formula is C13H15F3O. The van der Waals surface area contributed by atoms with Crippen LogP contribution in [0.2, 0.25) is 0 Å². The van der Waals surface area contributed by atoms with Crippen LogP contribution in [0.4, 0.5) is 13.2 Å². The fourth-order valence-electron chi connectivity index (χ4n) is 1.45. The topological polar surface area (TPSA) is 17.1 Å². The molecule has 0 saturated carbocycles. The number of carbonyl (C=O) groups excluding carboxylic acids is 1. The summed E-state index contributed by atoms with van der Waals surface area (Å²) in [4.78, 5) is 11.5. The Labute approximate surface area is 98.6 Å². The Morgan fingerprint density at radius 3 is 2.12 bits per heavy atom. The number of carbonyl (C=O) groups is 1. The van der Waals surface area contributed by atoms with Gasteiger partial charge in [0.2, 0.25) is 0 Å². The second-order valence-corrected chi connectivity index (χ2v) is 4.32. The van der Waals surface area contributed by atoms with Gasteiger partial charge in [0.05, 0.1) is 6.42 Å². The van der Waals surface area contributed by atoms with E-state index in [-0.39, 0.29) is 0 Å². The SMILES string of the molecule is CC(C)c1ccc(C(=O)CCC(F)(F)F)cc1. The van der Waals surface area contributed by atoms with Crippen LogP contribution in [0, 0.1) is 0 Å². The van der Waals surface area contributed by atoms with Crippen LogP contribution in [0.5, 0.6) is 0 Å². The highest BCUT2D eigenvalue weighted by Crippen LogP contribution is 2.23. The second kappa shape index (κ2) is 5.34. The van der Waals surface area contributed by atoms with E-state index in [1.165, 1.54) is 0 Å². The van der Waals surface area contributed by atoms with Crippen LogP contribution < -0.4 is 0 Å². The highest BCUT2D eigenvalue weighted by Gasteiger charge is 2.28. The molecular weight excluding hydrogens is 229 g/mol. The molecule has 0 amide bonds. The third-order valence-electron chi connectivity index (χ3n) is 2.53. The zero-order valence-electron chi connectivity index (χ0n) is 9.84. The molecule has 1 rings (SSSR count). The Bertz CT molecular complexity index is 377. The van der Waals surface area contributed by atoms with Gasteiger partial charge in [0.25, 0.3) is 0 Å². The predicted octanol–water partition coefficient (Wildman–Crippen LogP) is 4.34. The van der Waals surface area contributed by atoms with Crippen LogP contribution in [0.1, 0.15) is 48.5 Å². The van der Waals surface area contributed by atoms with Gasteiger partial charge in [-0.3, -0.25) is 4.79 Å². The average Bonchev–Trinajstić information content (AvgIpc) is 2.25. The molecule has 0 N–H and O–H groups in total. The van der Waals surface area contributed by atoms with E-state index in [1.807, 2.05) is 13.8 Å². The van der Waals surface area contributed by atoms with E-state index in [0.717, 1.165) is 5.56 Å². The predicted molar refractivity (Wildman–Crippen MR) is 60.2 cm³/mol. The van der Waals surface area contributed by atoms with Crippen molar-refractivity contribution < 1.29 is 18.0 Å². The Kier molecular flexibility index (Phi) is 4.32. The van der Waals surface area contributed by atoms with E-state index in [4.69, 9.17) is 0 Å². The molecule has 0 aliphatic rings. The summed E-state index contributed by atoms with van der Waals surface area (Å²) < 4.78 is 35.8. The van der Waals surface area contributed by atoms with Crippen LogP contribution in [0.25, 0.3) is 0 Å². The molecule has 0 atom stereocenters. The highest BCUT2D eigenvalue weighted by molar-refractivity contribution is 5.96. The van der Waals surface area contributed by atoms with Gasteiger partial charge in [0.15, 0.2) is 5.78 Å². The molecule has 0 unspecified atom stereocenters. The van der Waals surface area contributed by atoms with E-state index in [2.05, 4.69) is 0 Å².